The van der Waals surface area contributed by atoms with Crippen LogP contribution in [0.15, 0.2) is 84.2 Å². The largest absolute Gasteiger partial charge is 0.489 e. The van der Waals surface area contributed by atoms with Crippen LogP contribution in [0.4, 0.5) is 13.2 Å². The minimum absolute atomic E-state index is 0.133. The first-order valence-electron chi connectivity index (χ1n) is 13.3. The molecule has 41 heavy (non-hydrogen) atoms. The third-order valence-electron chi connectivity index (χ3n) is 6.67. The number of aromatic nitrogens is 1. The Balaban J connectivity index is 1.29. The monoisotopic (exact) mass is 581 g/mol. The number of nitrogens with zero attached hydrogens (tertiary/aromatic N) is 3. The van der Waals surface area contributed by atoms with Gasteiger partial charge in [0.05, 0.1) is 25.3 Å². The molecule has 0 aliphatic carbocycles. The Morgan fingerprint density at radius 2 is 1.61 bits per heavy atom. The van der Waals surface area contributed by atoms with Crippen LogP contribution in [0.2, 0.25) is 0 Å². The Bertz CT molecular complexity index is 1420. The smallest absolute Gasteiger partial charge is 0.416 e. The minimum Gasteiger partial charge on any atom is -0.489 e. The fourth-order valence-corrected chi connectivity index (χ4v) is 5.37. The molecular formula is C31H30F3N3O3S. The van der Waals surface area contributed by atoms with E-state index >= 15 is 0 Å². The molecule has 0 saturated carbocycles. The van der Waals surface area contributed by atoms with Crippen LogP contribution >= 0.6 is 11.3 Å². The lowest BCUT2D eigenvalue weighted by molar-refractivity contribution is -0.137. The van der Waals surface area contributed by atoms with Crippen molar-refractivity contribution in [2.75, 3.05) is 26.3 Å². The van der Waals surface area contributed by atoms with E-state index in [2.05, 4.69) is 4.98 Å². The van der Waals surface area contributed by atoms with Crippen molar-refractivity contribution >= 4 is 17.2 Å². The molecule has 214 valence electrons. The molecule has 0 N–H and O–H groups in total. The van der Waals surface area contributed by atoms with Gasteiger partial charge in [0.1, 0.15) is 23.1 Å². The molecule has 6 nitrogen and oxygen atoms in total. The highest BCUT2D eigenvalue weighted by Crippen LogP contribution is 2.30. The highest BCUT2D eigenvalue weighted by atomic mass is 32.1. The minimum atomic E-state index is -4.42. The summed E-state index contributed by atoms with van der Waals surface area (Å²) in [5.41, 5.74) is 2.29. The Morgan fingerprint density at radius 1 is 0.902 bits per heavy atom. The summed E-state index contributed by atoms with van der Waals surface area (Å²) in [5, 5.41) is 2.46. The van der Waals surface area contributed by atoms with E-state index in [-0.39, 0.29) is 12.5 Å². The van der Waals surface area contributed by atoms with E-state index in [1.807, 2.05) is 59.5 Å². The molecule has 0 bridgehead atoms. The highest BCUT2D eigenvalue weighted by Gasteiger charge is 2.30. The van der Waals surface area contributed by atoms with Crippen molar-refractivity contribution in [3.05, 3.63) is 117 Å². The van der Waals surface area contributed by atoms with E-state index in [1.165, 1.54) is 23.5 Å². The van der Waals surface area contributed by atoms with Gasteiger partial charge in [-0.1, -0.05) is 60.7 Å². The van der Waals surface area contributed by atoms with Gasteiger partial charge in [-0.2, -0.15) is 13.2 Å². The number of ether oxygens (including phenoxy) is 2. The van der Waals surface area contributed by atoms with Gasteiger partial charge in [0, 0.05) is 31.6 Å². The number of thiazole rings is 1. The number of hydrogen-bond donors (Lipinski definition) is 0. The fourth-order valence-electron chi connectivity index (χ4n) is 4.56. The van der Waals surface area contributed by atoms with Gasteiger partial charge in [-0.15, -0.1) is 11.3 Å². The number of carbonyl (C=O) groups is 1. The summed E-state index contributed by atoms with van der Waals surface area (Å²) in [6.45, 7) is 3.65. The number of halogens is 3. The molecule has 1 saturated heterocycles. The standard InChI is InChI=1S/C31H30F3N3O3S/c32-31(33,34)26-8-4-7-25(17-26)19-36(20-29-35-28(22-41-29)30(38)37-13-15-39-16-14-37)18-23-9-11-27(12-10-23)40-21-24-5-2-1-3-6-24/h1-12,17,22H,13-16,18-21H2. The number of hydrogen-bond acceptors (Lipinski definition) is 6. The van der Waals surface area contributed by atoms with Crippen molar-refractivity contribution in [2.45, 2.75) is 32.4 Å². The van der Waals surface area contributed by atoms with Gasteiger partial charge in [-0.05, 0) is 34.9 Å². The summed E-state index contributed by atoms with van der Waals surface area (Å²) < 4.78 is 51.3. The van der Waals surface area contributed by atoms with Crippen molar-refractivity contribution in [3.8, 4) is 5.75 Å². The first kappa shape index (κ1) is 28.8. The van der Waals surface area contributed by atoms with Gasteiger partial charge in [0.25, 0.3) is 5.91 Å². The summed E-state index contributed by atoms with van der Waals surface area (Å²) in [6, 6.07) is 22.9. The maximum absolute atomic E-state index is 13.4. The van der Waals surface area contributed by atoms with Crippen LogP contribution in [-0.4, -0.2) is 47.0 Å². The van der Waals surface area contributed by atoms with Crippen LogP contribution in [0.25, 0.3) is 0 Å². The van der Waals surface area contributed by atoms with Crippen molar-refractivity contribution in [1.82, 2.24) is 14.8 Å². The van der Waals surface area contributed by atoms with Crippen molar-refractivity contribution in [2.24, 2.45) is 0 Å². The Labute approximate surface area is 241 Å². The zero-order valence-electron chi connectivity index (χ0n) is 22.3. The van der Waals surface area contributed by atoms with Crippen LogP contribution in [-0.2, 0) is 37.2 Å². The molecule has 0 radical (unpaired) electrons. The molecule has 1 aliphatic heterocycles. The average Bonchev–Trinajstić information content (AvgIpc) is 3.45. The van der Waals surface area contributed by atoms with Crippen LogP contribution in [0.1, 0.15) is 37.7 Å². The zero-order valence-corrected chi connectivity index (χ0v) is 23.2. The van der Waals surface area contributed by atoms with Gasteiger partial charge in [0.15, 0.2) is 0 Å². The molecule has 3 aromatic carbocycles. The molecule has 1 fully saturated rings. The van der Waals surface area contributed by atoms with Gasteiger partial charge in [-0.25, -0.2) is 4.98 Å². The van der Waals surface area contributed by atoms with Crippen molar-refractivity contribution in [1.29, 1.82) is 0 Å². The molecule has 0 spiro atoms. The first-order valence-corrected chi connectivity index (χ1v) is 14.2. The fraction of sp³-hybridized carbons (Fsp3) is 0.290. The van der Waals surface area contributed by atoms with E-state index in [9.17, 15) is 18.0 Å². The van der Waals surface area contributed by atoms with E-state index in [1.54, 1.807) is 16.3 Å². The SMILES string of the molecule is O=C(c1csc(CN(Cc2ccc(OCc3ccccc3)cc2)Cc2cccc(C(F)(F)F)c2)n1)N1CCOCC1. The predicted molar refractivity (Wildman–Crippen MR) is 150 cm³/mol. The second-order valence-electron chi connectivity index (χ2n) is 9.79. The van der Waals surface area contributed by atoms with E-state index in [0.717, 1.165) is 28.0 Å². The van der Waals surface area contributed by atoms with Gasteiger partial charge in [0.2, 0.25) is 0 Å². The van der Waals surface area contributed by atoms with Crippen LogP contribution in [0.3, 0.4) is 0 Å². The maximum atomic E-state index is 13.4. The van der Waals surface area contributed by atoms with E-state index < -0.39 is 11.7 Å². The van der Waals surface area contributed by atoms with Crippen LogP contribution in [0.5, 0.6) is 5.75 Å². The number of rotatable bonds is 10. The summed E-state index contributed by atoms with van der Waals surface area (Å²) in [4.78, 5) is 21.2. The number of benzene rings is 3. The van der Waals surface area contributed by atoms with E-state index in [4.69, 9.17) is 9.47 Å². The van der Waals surface area contributed by atoms with E-state index in [0.29, 0.717) is 57.3 Å². The Morgan fingerprint density at radius 3 is 2.34 bits per heavy atom. The van der Waals surface area contributed by atoms with Gasteiger partial charge >= 0.3 is 6.18 Å². The number of alkyl halides is 3. The Kier molecular flexibility index (Phi) is 9.33. The molecule has 5 rings (SSSR count). The third-order valence-corrected chi connectivity index (χ3v) is 7.50. The quantitative estimate of drug-likeness (QED) is 0.217. The zero-order chi connectivity index (χ0) is 28.7. The second-order valence-corrected chi connectivity index (χ2v) is 10.7. The topological polar surface area (TPSA) is 54.9 Å². The molecule has 1 aromatic heterocycles. The van der Waals surface area contributed by atoms with Crippen LogP contribution in [0, 0.1) is 0 Å². The number of morpholine rings is 1. The molecular weight excluding hydrogens is 551 g/mol. The molecule has 0 atom stereocenters. The van der Waals surface area contributed by atoms with Gasteiger partial charge in [-0.3, -0.25) is 9.69 Å². The summed E-state index contributed by atoms with van der Waals surface area (Å²) in [7, 11) is 0. The average molecular weight is 582 g/mol. The lowest BCUT2D eigenvalue weighted by Crippen LogP contribution is -2.40. The molecule has 4 aromatic rings. The molecule has 1 aliphatic rings. The number of carbonyl (C=O) groups excluding carboxylic acids is 1. The first-order chi connectivity index (χ1) is 19.8. The molecule has 0 unspecified atom stereocenters. The molecule has 1 amide bonds. The normalized spacial score (nSPS) is 13.9. The molecule has 2 heterocycles. The van der Waals surface area contributed by atoms with Crippen LogP contribution < -0.4 is 4.74 Å². The third kappa shape index (κ3) is 8.16. The second kappa shape index (κ2) is 13.3. The molecule has 10 heteroatoms. The van der Waals surface area contributed by atoms with Crippen molar-refractivity contribution in [3.63, 3.8) is 0 Å². The number of amides is 1. The Hall–Kier alpha value is -3.73. The summed E-state index contributed by atoms with van der Waals surface area (Å²) in [6.07, 6.45) is -4.42. The lowest BCUT2D eigenvalue weighted by Gasteiger charge is -2.26. The van der Waals surface area contributed by atoms with Gasteiger partial charge < -0.3 is 14.4 Å². The summed E-state index contributed by atoms with van der Waals surface area (Å²) in [5.74, 6) is 0.597. The lowest BCUT2D eigenvalue weighted by atomic mass is 10.1. The maximum Gasteiger partial charge on any atom is 0.416 e. The summed E-state index contributed by atoms with van der Waals surface area (Å²) >= 11 is 1.37. The highest BCUT2D eigenvalue weighted by molar-refractivity contribution is 7.09. The van der Waals surface area contributed by atoms with Crippen molar-refractivity contribution < 1.29 is 27.4 Å². The predicted octanol–water partition coefficient (Wildman–Crippen LogP) is 6.42.